The molecule has 0 spiro atoms. The van der Waals surface area contributed by atoms with Crippen molar-refractivity contribution in [2.24, 2.45) is 0 Å². The molecule has 0 saturated heterocycles. The summed E-state index contributed by atoms with van der Waals surface area (Å²) in [6, 6.07) is 5.61. The standard InChI is InChI=1S/C11H14Cl2OS/c1-7(14)8(2)15-6-9-4-3-5-10(12)11(9)13/h3-5,7-8,14H,6H2,1-2H3. The second-order valence-electron chi connectivity index (χ2n) is 3.47. The van der Waals surface area contributed by atoms with Crippen LogP contribution in [0.2, 0.25) is 10.0 Å². The molecule has 0 bridgehead atoms. The van der Waals surface area contributed by atoms with E-state index in [1.165, 1.54) is 0 Å². The van der Waals surface area contributed by atoms with Crippen molar-refractivity contribution in [3.05, 3.63) is 33.8 Å². The summed E-state index contributed by atoms with van der Waals surface area (Å²) in [5.41, 5.74) is 1.02. The molecule has 0 aromatic heterocycles. The first kappa shape index (κ1) is 13.2. The fourth-order valence-electron chi connectivity index (χ4n) is 1.02. The fraction of sp³-hybridized carbons (Fsp3) is 0.455. The average molecular weight is 265 g/mol. The maximum Gasteiger partial charge on any atom is 0.0632 e. The summed E-state index contributed by atoms with van der Waals surface area (Å²) in [4.78, 5) is 0. The number of aliphatic hydroxyl groups is 1. The fourth-order valence-corrected chi connectivity index (χ4v) is 2.45. The Morgan fingerprint density at radius 3 is 2.60 bits per heavy atom. The highest BCUT2D eigenvalue weighted by molar-refractivity contribution is 7.99. The highest BCUT2D eigenvalue weighted by Crippen LogP contribution is 2.30. The van der Waals surface area contributed by atoms with E-state index in [1.54, 1.807) is 24.8 Å². The van der Waals surface area contributed by atoms with E-state index >= 15 is 0 Å². The molecule has 0 heterocycles. The Bertz CT molecular complexity index is 328. The van der Waals surface area contributed by atoms with E-state index in [-0.39, 0.29) is 11.4 Å². The zero-order chi connectivity index (χ0) is 11.4. The van der Waals surface area contributed by atoms with E-state index in [4.69, 9.17) is 23.2 Å². The second-order valence-corrected chi connectivity index (χ2v) is 5.62. The Hall–Kier alpha value is 0.110. The number of rotatable bonds is 4. The highest BCUT2D eigenvalue weighted by atomic mass is 35.5. The van der Waals surface area contributed by atoms with E-state index in [9.17, 15) is 5.11 Å². The van der Waals surface area contributed by atoms with Crippen LogP contribution in [-0.2, 0) is 5.75 Å². The third-order valence-electron chi connectivity index (χ3n) is 2.21. The number of hydrogen-bond acceptors (Lipinski definition) is 2. The first-order valence-corrected chi connectivity index (χ1v) is 6.55. The minimum absolute atomic E-state index is 0.194. The first-order chi connectivity index (χ1) is 7.02. The monoisotopic (exact) mass is 264 g/mol. The minimum Gasteiger partial charge on any atom is -0.392 e. The third-order valence-corrected chi connectivity index (χ3v) is 4.47. The molecule has 0 amide bonds. The average Bonchev–Trinajstić information content (AvgIpc) is 2.19. The minimum atomic E-state index is -0.312. The van der Waals surface area contributed by atoms with Gasteiger partial charge < -0.3 is 5.11 Å². The Morgan fingerprint density at radius 1 is 1.33 bits per heavy atom. The van der Waals surface area contributed by atoms with Crippen LogP contribution in [0.3, 0.4) is 0 Å². The predicted molar refractivity (Wildman–Crippen MR) is 68.9 cm³/mol. The van der Waals surface area contributed by atoms with Gasteiger partial charge in [0.15, 0.2) is 0 Å². The first-order valence-electron chi connectivity index (χ1n) is 4.75. The Kier molecular flexibility index (Phi) is 5.27. The number of thioether (sulfide) groups is 1. The Labute approximate surface area is 105 Å². The zero-order valence-electron chi connectivity index (χ0n) is 8.71. The second kappa shape index (κ2) is 6.00. The van der Waals surface area contributed by atoms with Gasteiger partial charge in [-0.15, -0.1) is 0 Å². The van der Waals surface area contributed by atoms with E-state index in [0.29, 0.717) is 10.0 Å². The summed E-state index contributed by atoms with van der Waals surface area (Å²) in [6.45, 7) is 3.78. The van der Waals surface area contributed by atoms with Gasteiger partial charge in [-0.2, -0.15) is 11.8 Å². The van der Waals surface area contributed by atoms with Crippen molar-refractivity contribution in [3.8, 4) is 0 Å². The maximum atomic E-state index is 9.34. The van der Waals surface area contributed by atoms with Gasteiger partial charge in [0.25, 0.3) is 0 Å². The lowest BCUT2D eigenvalue weighted by atomic mass is 10.2. The van der Waals surface area contributed by atoms with Crippen LogP contribution in [0.25, 0.3) is 0 Å². The molecule has 1 N–H and O–H groups in total. The van der Waals surface area contributed by atoms with Gasteiger partial charge in [0, 0.05) is 11.0 Å². The molecule has 0 radical (unpaired) electrons. The molecule has 0 aliphatic carbocycles. The van der Waals surface area contributed by atoms with Crippen molar-refractivity contribution in [2.45, 2.75) is 31.0 Å². The lowest BCUT2D eigenvalue weighted by Gasteiger charge is -2.14. The summed E-state index contributed by atoms with van der Waals surface area (Å²) < 4.78 is 0. The molecule has 0 aliphatic heterocycles. The topological polar surface area (TPSA) is 20.2 Å². The molecular formula is C11H14Cl2OS. The van der Waals surface area contributed by atoms with Crippen LogP contribution in [0, 0.1) is 0 Å². The van der Waals surface area contributed by atoms with Crippen molar-refractivity contribution in [1.82, 2.24) is 0 Å². The molecule has 1 rings (SSSR count). The third kappa shape index (κ3) is 3.87. The van der Waals surface area contributed by atoms with Crippen molar-refractivity contribution in [3.63, 3.8) is 0 Å². The Balaban J connectivity index is 2.62. The summed E-state index contributed by atoms with van der Waals surface area (Å²) in [5, 5.41) is 10.7. The molecule has 84 valence electrons. The largest absolute Gasteiger partial charge is 0.392 e. The van der Waals surface area contributed by atoms with Gasteiger partial charge in [0.05, 0.1) is 16.1 Å². The van der Waals surface area contributed by atoms with Crippen molar-refractivity contribution < 1.29 is 5.11 Å². The molecular weight excluding hydrogens is 251 g/mol. The SMILES string of the molecule is CC(O)C(C)SCc1cccc(Cl)c1Cl. The number of benzene rings is 1. The van der Waals surface area contributed by atoms with Gasteiger partial charge in [-0.25, -0.2) is 0 Å². The molecule has 0 fully saturated rings. The summed E-state index contributed by atoms with van der Waals surface area (Å²) in [7, 11) is 0. The maximum absolute atomic E-state index is 9.34. The van der Waals surface area contributed by atoms with Crippen LogP contribution in [-0.4, -0.2) is 16.5 Å². The van der Waals surface area contributed by atoms with Crippen LogP contribution in [0.1, 0.15) is 19.4 Å². The van der Waals surface area contributed by atoms with Crippen LogP contribution in [0.4, 0.5) is 0 Å². The molecule has 15 heavy (non-hydrogen) atoms. The van der Waals surface area contributed by atoms with E-state index < -0.39 is 0 Å². The predicted octanol–water partition coefficient (Wildman–Crippen LogP) is 4.00. The van der Waals surface area contributed by atoms with E-state index in [2.05, 4.69) is 0 Å². The number of aliphatic hydroxyl groups excluding tert-OH is 1. The van der Waals surface area contributed by atoms with Crippen molar-refractivity contribution in [1.29, 1.82) is 0 Å². The highest BCUT2D eigenvalue weighted by Gasteiger charge is 2.11. The van der Waals surface area contributed by atoms with Crippen LogP contribution in [0.5, 0.6) is 0 Å². The van der Waals surface area contributed by atoms with Gasteiger partial charge in [-0.05, 0) is 18.6 Å². The molecule has 2 unspecified atom stereocenters. The zero-order valence-corrected chi connectivity index (χ0v) is 11.0. The van der Waals surface area contributed by atoms with Gasteiger partial charge in [0.1, 0.15) is 0 Å². The molecule has 0 aliphatic rings. The van der Waals surface area contributed by atoms with E-state index in [0.717, 1.165) is 11.3 Å². The molecule has 4 heteroatoms. The van der Waals surface area contributed by atoms with Crippen molar-refractivity contribution in [2.75, 3.05) is 0 Å². The van der Waals surface area contributed by atoms with Crippen LogP contribution < -0.4 is 0 Å². The summed E-state index contributed by atoms with van der Waals surface area (Å²) in [6.07, 6.45) is -0.312. The van der Waals surface area contributed by atoms with Crippen LogP contribution in [0.15, 0.2) is 18.2 Å². The van der Waals surface area contributed by atoms with E-state index in [1.807, 2.05) is 19.1 Å². The van der Waals surface area contributed by atoms with Crippen LogP contribution >= 0.6 is 35.0 Å². The number of hydrogen-bond donors (Lipinski definition) is 1. The molecule has 0 saturated carbocycles. The molecule has 1 nitrogen and oxygen atoms in total. The smallest absolute Gasteiger partial charge is 0.0632 e. The van der Waals surface area contributed by atoms with Gasteiger partial charge in [-0.3, -0.25) is 0 Å². The lowest BCUT2D eigenvalue weighted by molar-refractivity contribution is 0.196. The molecule has 2 atom stereocenters. The Morgan fingerprint density at radius 2 is 2.00 bits per heavy atom. The number of halogens is 2. The van der Waals surface area contributed by atoms with Gasteiger partial charge >= 0.3 is 0 Å². The van der Waals surface area contributed by atoms with Gasteiger partial charge in [0.2, 0.25) is 0 Å². The van der Waals surface area contributed by atoms with Gasteiger partial charge in [-0.1, -0.05) is 42.3 Å². The summed E-state index contributed by atoms with van der Waals surface area (Å²) >= 11 is 13.6. The lowest BCUT2D eigenvalue weighted by Crippen LogP contribution is -2.15. The summed E-state index contributed by atoms with van der Waals surface area (Å²) in [5.74, 6) is 0.769. The normalized spacial score (nSPS) is 15.0. The molecule has 1 aromatic rings. The van der Waals surface area contributed by atoms with Crippen molar-refractivity contribution >= 4 is 35.0 Å². The molecule has 1 aromatic carbocycles. The quantitative estimate of drug-likeness (QED) is 0.888.